The molecule has 4 fully saturated rings. The second kappa shape index (κ2) is 6.54. The summed E-state index contributed by atoms with van der Waals surface area (Å²) in [6.07, 6.45) is 9.73. The van der Waals surface area contributed by atoms with Crippen LogP contribution >= 0.6 is 0 Å². The molecule has 0 bridgehead atoms. The quantitative estimate of drug-likeness (QED) is 0.688. The van der Waals surface area contributed by atoms with Gasteiger partial charge in [0.15, 0.2) is 0 Å². The standard InChI is InChI=1S/C24H36O5/c1-22-9-6-15(25)12-14(22)4-5-19-18(22)7-10-23(2)17(8-11-24(19,23)27)16-13-20(26)29-21(16)28-3/h13-15,17-19,21,25,27H,4-12H2,1-3H3. The van der Waals surface area contributed by atoms with E-state index in [2.05, 4.69) is 13.8 Å². The molecule has 0 aromatic heterocycles. The molecule has 1 aliphatic heterocycles. The first kappa shape index (κ1) is 20.0. The van der Waals surface area contributed by atoms with Gasteiger partial charge < -0.3 is 19.7 Å². The van der Waals surface area contributed by atoms with Crippen molar-refractivity contribution in [1.82, 2.24) is 0 Å². The van der Waals surface area contributed by atoms with Gasteiger partial charge in [-0.2, -0.15) is 0 Å². The smallest absolute Gasteiger partial charge is 0.333 e. The summed E-state index contributed by atoms with van der Waals surface area (Å²) in [5.41, 5.74) is 0.213. The van der Waals surface area contributed by atoms with Crippen molar-refractivity contribution in [3.05, 3.63) is 11.6 Å². The van der Waals surface area contributed by atoms with Gasteiger partial charge in [-0.1, -0.05) is 13.8 Å². The molecular weight excluding hydrogens is 368 g/mol. The van der Waals surface area contributed by atoms with Gasteiger partial charge in [-0.25, -0.2) is 4.79 Å². The van der Waals surface area contributed by atoms with Gasteiger partial charge in [-0.05, 0) is 86.9 Å². The number of rotatable bonds is 2. The summed E-state index contributed by atoms with van der Waals surface area (Å²) in [5.74, 6) is 1.22. The highest BCUT2D eigenvalue weighted by atomic mass is 16.7. The highest BCUT2D eigenvalue weighted by Gasteiger charge is 2.68. The zero-order valence-electron chi connectivity index (χ0n) is 18.0. The molecule has 0 amide bonds. The third kappa shape index (κ3) is 2.59. The monoisotopic (exact) mass is 404 g/mol. The normalized spacial score (nSPS) is 54.2. The van der Waals surface area contributed by atoms with Gasteiger partial charge in [0.25, 0.3) is 0 Å². The molecule has 5 aliphatic rings. The largest absolute Gasteiger partial charge is 0.428 e. The number of fused-ring (bicyclic) bond motifs is 5. The van der Waals surface area contributed by atoms with Crippen LogP contribution in [0.2, 0.25) is 0 Å². The molecular formula is C24H36O5. The van der Waals surface area contributed by atoms with Gasteiger partial charge in [0.1, 0.15) is 0 Å². The first-order valence-corrected chi connectivity index (χ1v) is 11.6. The number of esters is 1. The lowest BCUT2D eigenvalue weighted by Crippen LogP contribution is -2.62. The van der Waals surface area contributed by atoms with Crippen LogP contribution in [0.1, 0.15) is 71.6 Å². The third-order valence-corrected chi connectivity index (χ3v) is 10.2. The van der Waals surface area contributed by atoms with E-state index in [1.165, 1.54) is 0 Å². The summed E-state index contributed by atoms with van der Waals surface area (Å²) < 4.78 is 10.8. The molecule has 29 heavy (non-hydrogen) atoms. The molecule has 5 nitrogen and oxygen atoms in total. The van der Waals surface area contributed by atoms with Crippen molar-refractivity contribution >= 4 is 5.97 Å². The van der Waals surface area contributed by atoms with Crippen molar-refractivity contribution in [3.63, 3.8) is 0 Å². The van der Waals surface area contributed by atoms with Crippen LogP contribution in [0.3, 0.4) is 0 Å². The number of aliphatic hydroxyl groups excluding tert-OH is 1. The van der Waals surface area contributed by atoms with Gasteiger partial charge in [0.05, 0.1) is 11.7 Å². The number of methoxy groups -OCH3 is 1. The molecule has 0 radical (unpaired) electrons. The van der Waals surface area contributed by atoms with E-state index in [1.54, 1.807) is 13.2 Å². The maximum atomic E-state index is 12.2. The Kier molecular flexibility index (Phi) is 4.52. The summed E-state index contributed by atoms with van der Waals surface area (Å²) in [7, 11) is 1.58. The van der Waals surface area contributed by atoms with E-state index in [4.69, 9.17) is 9.47 Å². The molecule has 2 N–H and O–H groups in total. The van der Waals surface area contributed by atoms with Crippen LogP contribution in [0.25, 0.3) is 0 Å². The topological polar surface area (TPSA) is 76.0 Å². The predicted molar refractivity (Wildman–Crippen MR) is 108 cm³/mol. The van der Waals surface area contributed by atoms with Gasteiger partial charge in [0.2, 0.25) is 6.29 Å². The average molecular weight is 405 g/mol. The summed E-state index contributed by atoms with van der Waals surface area (Å²) in [6, 6.07) is 0. The Labute approximate surface area is 173 Å². The van der Waals surface area contributed by atoms with E-state index in [9.17, 15) is 15.0 Å². The summed E-state index contributed by atoms with van der Waals surface area (Å²) in [5, 5.41) is 22.5. The van der Waals surface area contributed by atoms with Gasteiger partial charge in [-0.15, -0.1) is 0 Å². The Balaban J connectivity index is 1.47. The zero-order chi connectivity index (χ0) is 20.6. The Morgan fingerprint density at radius 3 is 2.62 bits per heavy atom. The molecule has 5 heteroatoms. The highest BCUT2D eigenvalue weighted by Crippen LogP contribution is 2.70. The maximum Gasteiger partial charge on any atom is 0.333 e. The van der Waals surface area contributed by atoms with Crippen molar-refractivity contribution in [2.45, 2.75) is 89.6 Å². The molecule has 5 rings (SSSR count). The SMILES string of the molecule is COC1OC(=O)C=C1C1CCC2(O)C3CCC4CC(O)CCC4(C)C3CCC12C. The zero-order valence-corrected chi connectivity index (χ0v) is 18.0. The van der Waals surface area contributed by atoms with Crippen LogP contribution in [0.15, 0.2) is 11.6 Å². The number of carbonyl (C=O) groups excluding carboxylic acids is 1. The van der Waals surface area contributed by atoms with Crippen molar-refractivity contribution in [2.75, 3.05) is 7.11 Å². The fourth-order valence-corrected chi connectivity index (χ4v) is 8.60. The lowest BCUT2D eigenvalue weighted by molar-refractivity contribution is -0.209. The number of aliphatic hydroxyl groups is 2. The number of hydrogen-bond acceptors (Lipinski definition) is 5. The van der Waals surface area contributed by atoms with E-state index >= 15 is 0 Å². The Bertz CT molecular complexity index is 733. The fraction of sp³-hybridized carbons (Fsp3) is 0.875. The number of cyclic esters (lactones) is 1. The summed E-state index contributed by atoms with van der Waals surface area (Å²) in [4.78, 5) is 11.9. The number of ether oxygens (including phenoxy) is 2. The molecule has 9 atom stereocenters. The highest BCUT2D eigenvalue weighted by molar-refractivity contribution is 5.85. The minimum absolute atomic E-state index is 0.128. The lowest BCUT2D eigenvalue weighted by Gasteiger charge is -2.63. The maximum absolute atomic E-state index is 12.2. The van der Waals surface area contributed by atoms with Crippen molar-refractivity contribution in [3.8, 4) is 0 Å². The van der Waals surface area contributed by atoms with E-state index in [0.29, 0.717) is 17.8 Å². The van der Waals surface area contributed by atoms with Crippen LogP contribution < -0.4 is 0 Å². The van der Waals surface area contributed by atoms with Gasteiger partial charge in [-0.3, -0.25) is 0 Å². The fourth-order valence-electron chi connectivity index (χ4n) is 8.60. The van der Waals surface area contributed by atoms with Crippen LogP contribution in [-0.4, -0.2) is 41.3 Å². The minimum atomic E-state index is -0.699. The first-order chi connectivity index (χ1) is 13.7. The molecule has 162 valence electrons. The molecule has 9 unspecified atom stereocenters. The lowest BCUT2D eigenvalue weighted by atomic mass is 9.43. The van der Waals surface area contributed by atoms with Crippen LogP contribution in [-0.2, 0) is 14.3 Å². The van der Waals surface area contributed by atoms with Crippen molar-refractivity contribution in [1.29, 1.82) is 0 Å². The molecule has 0 saturated heterocycles. The second-order valence-corrected chi connectivity index (χ2v) is 11.0. The second-order valence-electron chi connectivity index (χ2n) is 11.0. The Morgan fingerprint density at radius 2 is 1.86 bits per heavy atom. The molecule has 0 spiro atoms. The molecule has 0 aromatic rings. The van der Waals surface area contributed by atoms with Gasteiger partial charge in [0, 0.05) is 24.2 Å². The van der Waals surface area contributed by atoms with E-state index in [-0.39, 0.29) is 28.8 Å². The van der Waals surface area contributed by atoms with Crippen molar-refractivity contribution < 1.29 is 24.5 Å². The van der Waals surface area contributed by atoms with Crippen LogP contribution in [0.5, 0.6) is 0 Å². The van der Waals surface area contributed by atoms with Crippen LogP contribution in [0.4, 0.5) is 0 Å². The molecule has 4 aliphatic carbocycles. The Hall–Kier alpha value is -0.910. The van der Waals surface area contributed by atoms with E-state index in [1.807, 2.05) is 0 Å². The Morgan fingerprint density at radius 1 is 1.07 bits per heavy atom. The first-order valence-electron chi connectivity index (χ1n) is 11.6. The van der Waals surface area contributed by atoms with E-state index in [0.717, 1.165) is 63.4 Å². The predicted octanol–water partition coefficient (Wildman–Crippen LogP) is 3.58. The molecule has 4 saturated carbocycles. The molecule has 0 aromatic carbocycles. The number of carbonyl (C=O) groups is 1. The summed E-state index contributed by atoms with van der Waals surface area (Å²) >= 11 is 0. The summed E-state index contributed by atoms with van der Waals surface area (Å²) in [6.45, 7) is 4.68. The number of hydrogen-bond donors (Lipinski definition) is 2. The van der Waals surface area contributed by atoms with E-state index < -0.39 is 11.9 Å². The average Bonchev–Trinajstić information content (AvgIpc) is 3.18. The third-order valence-electron chi connectivity index (χ3n) is 10.2. The van der Waals surface area contributed by atoms with Gasteiger partial charge >= 0.3 is 5.97 Å². The van der Waals surface area contributed by atoms with Crippen LogP contribution in [0, 0.1) is 34.5 Å². The molecule has 1 heterocycles. The minimum Gasteiger partial charge on any atom is -0.428 e. The van der Waals surface area contributed by atoms with Crippen molar-refractivity contribution in [2.24, 2.45) is 34.5 Å².